The molecule has 0 fully saturated rings. The number of ether oxygens (including phenoxy) is 4. The van der Waals surface area contributed by atoms with Gasteiger partial charge in [0.25, 0.3) is 0 Å². The van der Waals surface area contributed by atoms with Crippen LogP contribution in [0.25, 0.3) is 0 Å². The average Bonchev–Trinajstić information content (AvgIpc) is 2.64. The summed E-state index contributed by atoms with van der Waals surface area (Å²) in [5, 5.41) is 0. The molecule has 0 aliphatic rings. The third kappa shape index (κ3) is 10.9. The Morgan fingerprint density at radius 1 is 0.667 bits per heavy atom. The highest BCUT2D eigenvalue weighted by molar-refractivity contribution is 4.92. The van der Waals surface area contributed by atoms with Crippen molar-refractivity contribution in [3.8, 4) is 0 Å². The van der Waals surface area contributed by atoms with Gasteiger partial charge < -0.3 is 24.7 Å². The predicted molar refractivity (Wildman–Crippen MR) is 141 cm³/mol. The standard InChI is InChI=1S/C28H59NO4/c1-22(21-33-28(12,13)29)25(6,7)27(10,11)31-19-16-15-17-23(2,3)26(8,9)32-20-18-24(4,5)30-14/h22H,15-21,29H2,1-14H3. The first-order valence-corrected chi connectivity index (χ1v) is 12.9. The van der Waals surface area contributed by atoms with Gasteiger partial charge in [0.15, 0.2) is 0 Å². The van der Waals surface area contributed by atoms with E-state index in [-0.39, 0.29) is 27.6 Å². The van der Waals surface area contributed by atoms with Crippen molar-refractivity contribution in [3.05, 3.63) is 0 Å². The van der Waals surface area contributed by atoms with Crippen LogP contribution in [0.1, 0.15) is 116 Å². The first-order chi connectivity index (χ1) is 14.6. The average molecular weight is 474 g/mol. The van der Waals surface area contributed by atoms with E-state index in [9.17, 15) is 0 Å². The molecule has 0 spiro atoms. The summed E-state index contributed by atoms with van der Waals surface area (Å²) in [6, 6.07) is 0. The van der Waals surface area contributed by atoms with Gasteiger partial charge in [-0.15, -0.1) is 0 Å². The lowest BCUT2D eigenvalue weighted by Gasteiger charge is -2.46. The van der Waals surface area contributed by atoms with E-state index in [4.69, 9.17) is 24.7 Å². The van der Waals surface area contributed by atoms with Crippen LogP contribution in [0.2, 0.25) is 0 Å². The Morgan fingerprint density at radius 3 is 1.67 bits per heavy atom. The van der Waals surface area contributed by atoms with Crippen molar-refractivity contribution in [1.29, 1.82) is 0 Å². The van der Waals surface area contributed by atoms with Gasteiger partial charge in [-0.2, -0.15) is 0 Å². The minimum absolute atomic E-state index is 0.0522. The van der Waals surface area contributed by atoms with Crippen molar-refractivity contribution in [2.45, 2.75) is 138 Å². The fourth-order valence-corrected chi connectivity index (χ4v) is 3.47. The Balaban J connectivity index is 4.61. The van der Waals surface area contributed by atoms with Crippen LogP contribution < -0.4 is 5.73 Å². The summed E-state index contributed by atoms with van der Waals surface area (Å²) in [6.07, 6.45) is 4.13. The van der Waals surface area contributed by atoms with E-state index in [0.717, 1.165) is 32.3 Å². The summed E-state index contributed by atoms with van der Waals surface area (Å²) in [4.78, 5) is 0. The zero-order valence-electron chi connectivity index (χ0n) is 24.7. The van der Waals surface area contributed by atoms with E-state index in [1.54, 1.807) is 7.11 Å². The second-order valence-electron chi connectivity index (χ2n) is 13.3. The number of rotatable bonds is 17. The predicted octanol–water partition coefficient (Wildman–Crippen LogP) is 6.96. The van der Waals surface area contributed by atoms with Crippen LogP contribution in [0.5, 0.6) is 0 Å². The van der Waals surface area contributed by atoms with Gasteiger partial charge in [0.2, 0.25) is 0 Å². The molecular formula is C28H59NO4. The molecule has 0 bridgehead atoms. The van der Waals surface area contributed by atoms with Gasteiger partial charge in [-0.25, -0.2) is 0 Å². The van der Waals surface area contributed by atoms with E-state index in [2.05, 4.69) is 76.2 Å². The zero-order chi connectivity index (χ0) is 26.4. The molecule has 5 nitrogen and oxygen atoms in total. The zero-order valence-corrected chi connectivity index (χ0v) is 24.7. The van der Waals surface area contributed by atoms with E-state index in [1.807, 2.05) is 13.8 Å². The van der Waals surface area contributed by atoms with E-state index < -0.39 is 5.72 Å². The highest BCUT2D eigenvalue weighted by atomic mass is 16.5. The maximum absolute atomic E-state index is 6.43. The van der Waals surface area contributed by atoms with Crippen LogP contribution in [-0.2, 0) is 18.9 Å². The Kier molecular flexibility index (Phi) is 12.1. The maximum atomic E-state index is 6.43. The summed E-state index contributed by atoms with van der Waals surface area (Å²) in [7, 11) is 1.76. The number of unbranched alkanes of at least 4 members (excludes halogenated alkanes) is 1. The van der Waals surface area contributed by atoms with Crippen LogP contribution in [0, 0.1) is 16.7 Å². The molecule has 0 aromatic carbocycles. The molecule has 33 heavy (non-hydrogen) atoms. The van der Waals surface area contributed by atoms with E-state index in [1.165, 1.54) is 0 Å². The number of methoxy groups -OCH3 is 1. The Hall–Kier alpha value is -0.200. The van der Waals surface area contributed by atoms with Crippen molar-refractivity contribution >= 4 is 0 Å². The fourth-order valence-electron chi connectivity index (χ4n) is 3.47. The van der Waals surface area contributed by atoms with Crippen molar-refractivity contribution in [3.63, 3.8) is 0 Å². The minimum Gasteiger partial charge on any atom is -0.379 e. The molecule has 0 rings (SSSR count). The Morgan fingerprint density at radius 2 is 1.18 bits per heavy atom. The molecule has 0 radical (unpaired) electrons. The molecule has 0 aromatic rings. The Bertz CT molecular complexity index is 559. The van der Waals surface area contributed by atoms with Gasteiger partial charge in [0.1, 0.15) is 5.72 Å². The monoisotopic (exact) mass is 473 g/mol. The largest absolute Gasteiger partial charge is 0.379 e. The van der Waals surface area contributed by atoms with Crippen LogP contribution >= 0.6 is 0 Å². The van der Waals surface area contributed by atoms with Crippen molar-refractivity contribution < 1.29 is 18.9 Å². The summed E-state index contributed by atoms with van der Waals surface area (Å²) in [6.45, 7) is 30.2. The maximum Gasteiger partial charge on any atom is 0.111 e. The minimum atomic E-state index is -0.611. The molecule has 1 atom stereocenters. The second-order valence-corrected chi connectivity index (χ2v) is 13.3. The molecule has 2 N–H and O–H groups in total. The van der Waals surface area contributed by atoms with E-state index >= 15 is 0 Å². The number of hydrogen-bond donors (Lipinski definition) is 1. The first-order valence-electron chi connectivity index (χ1n) is 12.9. The number of hydrogen-bond acceptors (Lipinski definition) is 5. The lowest BCUT2D eigenvalue weighted by atomic mass is 9.68. The van der Waals surface area contributed by atoms with Gasteiger partial charge in [-0.05, 0) is 91.4 Å². The van der Waals surface area contributed by atoms with Crippen LogP contribution in [0.15, 0.2) is 0 Å². The quantitative estimate of drug-likeness (QED) is 0.183. The molecule has 0 aliphatic carbocycles. The first kappa shape index (κ1) is 32.8. The molecule has 0 saturated heterocycles. The second kappa shape index (κ2) is 12.2. The topological polar surface area (TPSA) is 62.9 Å². The molecule has 0 aliphatic heterocycles. The highest BCUT2D eigenvalue weighted by Gasteiger charge is 2.43. The van der Waals surface area contributed by atoms with Crippen LogP contribution in [0.3, 0.4) is 0 Å². The van der Waals surface area contributed by atoms with Crippen LogP contribution in [0.4, 0.5) is 0 Å². The van der Waals surface area contributed by atoms with Gasteiger partial charge in [0, 0.05) is 13.7 Å². The molecule has 0 aromatic heterocycles. The highest BCUT2D eigenvalue weighted by Crippen LogP contribution is 2.42. The Labute approximate surface area is 206 Å². The van der Waals surface area contributed by atoms with Crippen molar-refractivity contribution in [1.82, 2.24) is 0 Å². The molecule has 200 valence electrons. The third-order valence-corrected chi connectivity index (χ3v) is 8.50. The molecule has 0 heterocycles. The SMILES string of the molecule is COC(C)(C)CCOC(C)(C)C(C)(C)CCCCOC(C)(C)C(C)(C)C(C)COC(C)(C)N. The van der Waals surface area contributed by atoms with Gasteiger partial charge >= 0.3 is 0 Å². The molecule has 0 amide bonds. The summed E-state index contributed by atoms with van der Waals surface area (Å²) >= 11 is 0. The van der Waals surface area contributed by atoms with Crippen molar-refractivity contribution in [2.75, 3.05) is 26.9 Å². The molecular weight excluding hydrogens is 414 g/mol. The summed E-state index contributed by atoms with van der Waals surface area (Å²) < 4.78 is 24.1. The lowest BCUT2D eigenvalue weighted by molar-refractivity contribution is -0.141. The van der Waals surface area contributed by atoms with Gasteiger partial charge in [0.05, 0.1) is 30.0 Å². The lowest BCUT2D eigenvalue weighted by Crippen LogP contribution is -2.48. The molecule has 1 unspecified atom stereocenters. The van der Waals surface area contributed by atoms with Gasteiger partial charge in [-0.1, -0.05) is 41.0 Å². The molecule has 0 saturated carbocycles. The summed E-state index contributed by atoms with van der Waals surface area (Å²) in [5.41, 5.74) is 4.79. The van der Waals surface area contributed by atoms with Crippen LogP contribution in [-0.4, -0.2) is 49.5 Å². The van der Waals surface area contributed by atoms with E-state index in [0.29, 0.717) is 19.1 Å². The smallest absolute Gasteiger partial charge is 0.111 e. The fraction of sp³-hybridized carbons (Fsp3) is 1.00. The normalized spacial score (nSPS) is 15.7. The third-order valence-electron chi connectivity index (χ3n) is 8.50. The van der Waals surface area contributed by atoms with Crippen molar-refractivity contribution in [2.24, 2.45) is 22.5 Å². The molecule has 5 heteroatoms. The van der Waals surface area contributed by atoms with Gasteiger partial charge in [-0.3, -0.25) is 0 Å². The summed E-state index contributed by atoms with van der Waals surface area (Å²) in [5.74, 6) is 0.315. The number of nitrogens with two attached hydrogens (primary N) is 1.